The molecule has 7 heteroatoms. The van der Waals surface area contributed by atoms with Crippen LogP contribution in [0.5, 0.6) is 5.75 Å². The number of amides is 2. The maximum absolute atomic E-state index is 12.4. The Bertz CT molecular complexity index is 786. The van der Waals surface area contributed by atoms with Crippen LogP contribution < -0.4 is 10.1 Å². The molecule has 0 aliphatic carbocycles. The van der Waals surface area contributed by atoms with Gasteiger partial charge in [0.15, 0.2) is 0 Å². The molecule has 0 spiro atoms. The Kier molecular flexibility index (Phi) is 5.90. The van der Waals surface area contributed by atoms with Crippen molar-refractivity contribution < 1.29 is 18.3 Å². The molecule has 2 rings (SSSR count). The van der Waals surface area contributed by atoms with Crippen molar-refractivity contribution in [3.63, 3.8) is 0 Å². The van der Waals surface area contributed by atoms with Crippen molar-refractivity contribution in [3.8, 4) is 11.8 Å². The fraction of sp³-hybridized carbons (Fsp3) is 0.222. The predicted octanol–water partition coefficient (Wildman–Crippen LogP) is 4.13. The summed E-state index contributed by atoms with van der Waals surface area (Å²) in [5.74, 6) is 0.0162. The van der Waals surface area contributed by atoms with E-state index in [-0.39, 0.29) is 11.8 Å². The van der Waals surface area contributed by atoms with Gasteiger partial charge in [0.25, 0.3) is 0 Å². The second-order valence-corrected chi connectivity index (χ2v) is 5.40. The van der Waals surface area contributed by atoms with Crippen molar-refractivity contribution in [1.29, 1.82) is 5.26 Å². The van der Waals surface area contributed by atoms with E-state index in [2.05, 4.69) is 10.1 Å². The largest absolute Gasteiger partial charge is 0.434 e. The second-order valence-electron chi connectivity index (χ2n) is 5.40. The molecule has 0 aliphatic rings. The topological polar surface area (TPSA) is 65.4 Å². The quantitative estimate of drug-likeness (QED) is 0.886. The number of carbonyl (C=O) groups is 1. The van der Waals surface area contributed by atoms with E-state index in [4.69, 9.17) is 5.26 Å². The van der Waals surface area contributed by atoms with Crippen molar-refractivity contribution in [2.45, 2.75) is 20.1 Å². The molecule has 2 amide bonds. The standard InChI is InChI=1S/C18H17F2N3O2/c1-12-15(4-3-5-16(12)25-17(19)20)22-18(24)23(2)11-14-8-6-13(10-21)7-9-14/h3-9,17H,11H2,1-2H3,(H,22,24). The molecule has 5 nitrogen and oxygen atoms in total. The first-order chi connectivity index (χ1) is 11.9. The van der Waals surface area contributed by atoms with Gasteiger partial charge >= 0.3 is 12.6 Å². The van der Waals surface area contributed by atoms with Crippen molar-refractivity contribution >= 4 is 11.7 Å². The maximum atomic E-state index is 12.4. The molecule has 25 heavy (non-hydrogen) atoms. The van der Waals surface area contributed by atoms with Gasteiger partial charge in [-0.2, -0.15) is 14.0 Å². The minimum absolute atomic E-state index is 0.0162. The number of nitrogens with one attached hydrogen (secondary N) is 1. The number of benzene rings is 2. The SMILES string of the molecule is Cc1c(NC(=O)N(C)Cc2ccc(C#N)cc2)cccc1OC(F)F. The summed E-state index contributed by atoms with van der Waals surface area (Å²) in [6.07, 6.45) is 0. The van der Waals surface area contributed by atoms with Gasteiger partial charge in [-0.15, -0.1) is 0 Å². The second kappa shape index (κ2) is 8.11. The Labute approximate surface area is 144 Å². The lowest BCUT2D eigenvalue weighted by molar-refractivity contribution is -0.0502. The van der Waals surface area contributed by atoms with Crippen LogP contribution in [-0.4, -0.2) is 24.6 Å². The first kappa shape index (κ1) is 18.2. The van der Waals surface area contributed by atoms with E-state index in [1.54, 1.807) is 44.3 Å². The van der Waals surface area contributed by atoms with Crippen LogP contribution in [0.4, 0.5) is 19.3 Å². The van der Waals surface area contributed by atoms with Crippen LogP contribution in [0.2, 0.25) is 0 Å². The zero-order chi connectivity index (χ0) is 18.4. The molecule has 0 radical (unpaired) electrons. The van der Waals surface area contributed by atoms with E-state index in [0.29, 0.717) is 23.4 Å². The normalized spacial score (nSPS) is 10.2. The number of urea groups is 1. The highest BCUT2D eigenvalue weighted by molar-refractivity contribution is 5.90. The van der Waals surface area contributed by atoms with Gasteiger partial charge in [0.1, 0.15) is 5.75 Å². The molecule has 2 aromatic carbocycles. The van der Waals surface area contributed by atoms with Gasteiger partial charge in [-0.25, -0.2) is 4.79 Å². The first-order valence-electron chi connectivity index (χ1n) is 7.46. The molecule has 1 N–H and O–H groups in total. The fourth-order valence-electron chi connectivity index (χ4n) is 2.21. The third kappa shape index (κ3) is 4.91. The summed E-state index contributed by atoms with van der Waals surface area (Å²) in [7, 11) is 1.61. The average molecular weight is 345 g/mol. The van der Waals surface area contributed by atoms with Crippen molar-refractivity contribution in [2.75, 3.05) is 12.4 Å². The van der Waals surface area contributed by atoms with Gasteiger partial charge in [0, 0.05) is 24.8 Å². The molecular weight excluding hydrogens is 328 g/mol. The third-order valence-electron chi connectivity index (χ3n) is 3.59. The summed E-state index contributed by atoms with van der Waals surface area (Å²) < 4.78 is 29.2. The molecule has 0 aromatic heterocycles. The number of halogens is 2. The number of nitrogens with zero attached hydrogens (tertiary/aromatic N) is 2. The van der Waals surface area contributed by atoms with Crippen LogP contribution in [0.1, 0.15) is 16.7 Å². The Morgan fingerprint density at radius 3 is 2.56 bits per heavy atom. The van der Waals surface area contributed by atoms with Crippen molar-refractivity contribution in [3.05, 3.63) is 59.2 Å². The van der Waals surface area contributed by atoms with Crippen molar-refractivity contribution in [1.82, 2.24) is 4.90 Å². The molecule has 0 bridgehead atoms. The molecule has 0 saturated carbocycles. The van der Waals surface area contributed by atoms with Crippen LogP contribution in [0.3, 0.4) is 0 Å². The molecule has 0 unspecified atom stereocenters. The van der Waals surface area contributed by atoms with Gasteiger partial charge in [-0.3, -0.25) is 0 Å². The Morgan fingerprint density at radius 1 is 1.28 bits per heavy atom. The number of nitriles is 1. The molecule has 0 atom stereocenters. The lowest BCUT2D eigenvalue weighted by Crippen LogP contribution is -2.31. The van der Waals surface area contributed by atoms with E-state index in [9.17, 15) is 13.6 Å². The molecule has 0 saturated heterocycles. The van der Waals surface area contributed by atoms with Gasteiger partial charge in [-0.1, -0.05) is 18.2 Å². The highest BCUT2D eigenvalue weighted by Crippen LogP contribution is 2.27. The molecule has 0 fully saturated rings. The highest BCUT2D eigenvalue weighted by atomic mass is 19.3. The van der Waals surface area contributed by atoms with Crippen LogP contribution in [0.25, 0.3) is 0 Å². The first-order valence-corrected chi connectivity index (χ1v) is 7.46. The third-order valence-corrected chi connectivity index (χ3v) is 3.59. The predicted molar refractivity (Wildman–Crippen MR) is 89.5 cm³/mol. The summed E-state index contributed by atoms with van der Waals surface area (Å²) in [5, 5.41) is 11.5. The number of carbonyl (C=O) groups excluding carboxylic acids is 1. The minimum atomic E-state index is -2.93. The lowest BCUT2D eigenvalue weighted by atomic mass is 10.1. The van der Waals surface area contributed by atoms with E-state index in [0.717, 1.165) is 5.56 Å². The Balaban J connectivity index is 2.04. The van der Waals surface area contributed by atoms with E-state index in [1.165, 1.54) is 17.0 Å². The summed E-state index contributed by atoms with van der Waals surface area (Å²) in [5.41, 5.74) is 2.23. The summed E-state index contributed by atoms with van der Waals surface area (Å²) in [6.45, 7) is -0.999. The van der Waals surface area contributed by atoms with Crippen LogP contribution in [0, 0.1) is 18.3 Å². The molecule has 0 aliphatic heterocycles. The van der Waals surface area contributed by atoms with E-state index >= 15 is 0 Å². The number of anilines is 1. The maximum Gasteiger partial charge on any atom is 0.387 e. The number of alkyl halides is 2. The summed E-state index contributed by atoms with van der Waals surface area (Å²) in [4.78, 5) is 13.7. The van der Waals surface area contributed by atoms with Crippen LogP contribution >= 0.6 is 0 Å². The molecule has 0 heterocycles. The smallest absolute Gasteiger partial charge is 0.387 e. The number of ether oxygens (including phenoxy) is 1. The molecule has 130 valence electrons. The monoisotopic (exact) mass is 345 g/mol. The van der Waals surface area contributed by atoms with E-state index < -0.39 is 6.61 Å². The number of hydrogen-bond donors (Lipinski definition) is 1. The Morgan fingerprint density at radius 2 is 1.96 bits per heavy atom. The number of rotatable bonds is 5. The van der Waals surface area contributed by atoms with Crippen LogP contribution in [0.15, 0.2) is 42.5 Å². The lowest BCUT2D eigenvalue weighted by Gasteiger charge is -2.19. The fourth-order valence-corrected chi connectivity index (χ4v) is 2.21. The van der Waals surface area contributed by atoms with Crippen molar-refractivity contribution in [2.24, 2.45) is 0 Å². The van der Waals surface area contributed by atoms with Gasteiger partial charge in [0.05, 0.1) is 11.6 Å². The molecule has 2 aromatic rings. The summed E-state index contributed by atoms with van der Waals surface area (Å²) in [6, 6.07) is 13.1. The van der Waals surface area contributed by atoms with Gasteiger partial charge in [0.2, 0.25) is 0 Å². The number of hydrogen-bond acceptors (Lipinski definition) is 3. The highest BCUT2D eigenvalue weighted by Gasteiger charge is 2.14. The Hall–Kier alpha value is -3.14. The van der Waals surface area contributed by atoms with Gasteiger partial charge in [-0.05, 0) is 36.8 Å². The average Bonchev–Trinajstić information content (AvgIpc) is 2.58. The zero-order valence-corrected chi connectivity index (χ0v) is 13.8. The van der Waals surface area contributed by atoms with E-state index in [1.807, 2.05) is 6.07 Å². The van der Waals surface area contributed by atoms with Crippen LogP contribution in [-0.2, 0) is 6.54 Å². The molecular formula is C18H17F2N3O2. The summed E-state index contributed by atoms with van der Waals surface area (Å²) >= 11 is 0. The minimum Gasteiger partial charge on any atom is -0.434 e. The van der Waals surface area contributed by atoms with Gasteiger partial charge < -0.3 is 15.0 Å². The zero-order valence-electron chi connectivity index (χ0n) is 13.8.